The predicted octanol–water partition coefficient (Wildman–Crippen LogP) is 3.28. The second kappa shape index (κ2) is 10.5. The second-order valence-corrected chi connectivity index (χ2v) is 11.2. The third kappa shape index (κ3) is 5.93. The molecule has 5 rings (SSSR count). The highest BCUT2D eigenvalue weighted by molar-refractivity contribution is 6.23. The molecule has 0 radical (unpaired) electrons. The molecule has 2 aromatic rings. The van der Waals surface area contributed by atoms with E-state index < -0.39 is 35.5 Å². The lowest BCUT2D eigenvalue weighted by Crippen LogP contribution is -2.43. The van der Waals surface area contributed by atoms with Crippen LogP contribution in [0.2, 0.25) is 0 Å². The zero-order valence-electron chi connectivity index (χ0n) is 23.0. The van der Waals surface area contributed by atoms with Gasteiger partial charge in [-0.15, -0.1) is 13.2 Å². The number of carbonyl (C=O) groups excluding carboxylic acids is 3. The van der Waals surface area contributed by atoms with Crippen molar-refractivity contribution in [3.05, 3.63) is 42.1 Å². The van der Waals surface area contributed by atoms with Crippen LogP contribution in [-0.2, 0) is 20.9 Å². The largest absolute Gasteiger partial charge is 0.573 e. The lowest BCUT2D eigenvalue weighted by Gasteiger charge is -2.27. The molecule has 11 nitrogen and oxygen atoms in total. The fourth-order valence-electron chi connectivity index (χ4n) is 5.23. The van der Waals surface area contributed by atoms with Crippen molar-refractivity contribution >= 4 is 35.0 Å². The Morgan fingerprint density at radius 2 is 1.88 bits per heavy atom. The number of urea groups is 1. The minimum atomic E-state index is -5.02. The third-order valence-electron chi connectivity index (χ3n) is 7.44. The fourth-order valence-corrected chi connectivity index (χ4v) is 5.23. The van der Waals surface area contributed by atoms with Crippen LogP contribution in [0.1, 0.15) is 19.4 Å². The van der Waals surface area contributed by atoms with Crippen LogP contribution in [0.4, 0.5) is 35.2 Å². The lowest BCUT2D eigenvalue weighted by atomic mass is 10.0. The maximum Gasteiger partial charge on any atom is 0.573 e. The molecule has 3 atom stereocenters. The van der Waals surface area contributed by atoms with Gasteiger partial charge in [-0.05, 0) is 63.8 Å². The number of alkyl halides is 3. The Kier molecular flexibility index (Phi) is 7.32. The molecule has 4 amide bonds. The molecular formula is C27H31F3N6O5. The summed E-state index contributed by atoms with van der Waals surface area (Å²) in [6.45, 7) is 4.62. The number of aromatic nitrogens is 1. The summed E-state index contributed by atoms with van der Waals surface area (Å²) in [5.74, 6) is -0.257. The number of nitrogens with one attached hydrogen (secondary N) is 2. The number of hydrogen-bond acceptors (Lipinski definition) is 8. The minimum Gasteiger partial charge on any atom is -0.404 e. The maximum absolute atomic E-state index is 13.6. The van der Waals surface area contributed by atoms with Crippen LogP contribution in [0.5, 0.6) is 5.75 Å². The first kappa shape index (κ1) is 28.6. The van der Waals surface area contributed by atoms with Crippen molar-refractivity contribution in [3.8, 4) is 5.75 Å². The molecule has 14 heteroatoms. The van der Waals surface area contributed by atoms with Crippen LogP contribution < -0.4 is 20.3 Å². The van der Waals surface area contributed by atoms with Gasteiger partial charge in [0.15, 0.2) is 5.75 Å². The van der Waals surface area contributed by atoms with E-state index in [9.17, 15) is 27.6 Å². The van der Waals surface area contributed by atoms with E-state index in [4.69, 9.17) is 4.74 Å². The number of imide groups is 1. The Morgan fingerprint density at radius 3 is 2.54 bits per heavy atom. The normalized spacial score (nSPS) is 23.2. The van der Waals surface area contributed by atoms with E-state index in [1.807, 2.05) is 6.07 Å². The van der Waals surface area contributed by atoms with Gasteiger partial charge < -0.3 is 29.9 Å². The zero-order chi connectivity index (χ0) is 29.7. The van der Waals surface area contributed by atoms with Gasteiger partial charge in [-0.3, -0.25) is 9.59 Å². The molecule has 0 bridgehead atoms. The molecule has 3 heterocycles. The van der Waals surface area contributed by atoms with E-state index in [2.05, 4.69) is 20.4 Å². The van der Waals surface area contributed by atoms with E-state index in [0.717, 1.165) is 35.8 Å². The van der Waals surface area contributed by atoms with E-state index in [-0.39, 0.29) is 24.5 Å². The smallest absolute Gasteiger partial charge is 0.404 e. The topological polar surface area (TPSA) is 116 Å². The number of amides is 4. The van der Waals surface area contributed by atoms with E-state index >= 15 is 0 Å². The Bertz CT molecular complexity index is 1360. The third-order valence-corrected chi connectivity index (χ3v) is 7.44. The van der Waals surface area contributed by atoms with E-state index in [0.29, 0.717) is 23.7 Å². The van der Waals surface area contributed by atoms with Crippen molar-refractivity contribution in [3.63, 3.8) is 0 Å². The molecule has 2 saturated heterocycles. The summed E-state index contributed by atoms with van der Waals surface area (Å²) in [7, 11) is 3.24. The van der Waals surface area contributed by atoms with Crippen LogP contribution in [0, 0.1) is 11.8 Å². The SMILES string of the molecule is CN(C)CC(=O)Nc1cc(N2C(=O)N(Cc3ccnc(NC4[C@H]5COC[C@@H]45)c3)C(C)(C)C2=O)ccc1OC(F)(F)F. The standard InChI is InChI=1S/C27H31F3N6O5/c1-26(2)24(38)36(16-5-6-20(41-27(28,29)30)19(10-16)32-22(37)12-34(3)4)25(39)35(26)11-15-7-8-31-21(9-15)33-23-17-13-40-14-18(17)23/h5-10,17-18,23H,11-14H2,1-4H3,(H,31,33)(H,32,37)/t17-,18+,23?. The molecule has 1 aliphatic carbocycles. The first-order chi connectivity index (χ1) is 19.2. The van der Waals surface area contributed by atoms with Crippen LogP contribution in [0.15, 0.2) is 36.5 Å². The van der Waals surface area contributed by atoms with Gasteiger partial charge in [0.1, 0.15) is 11.4 Å². The van der Waals surface area contributed by atoms with Crippen LogP contribution in [0.3, 0.4) is 0 Å². The number of ether oxygens (including phenoxy) is 2. The highest BCUT2D eigenvalue weighted by atomic mass is 19.4. The van der Waals surface area contributed by atoms with E-state index in [1.165, 1.54) is 15.9 Å². The molecule has 220 valence electrons. The van der Waals surface area contributed by atoms with Crippen LogP contribution in [-0.4, -0.2) is 84.4 Å². The summed E-state index contributed by atoms with van der Waals surface area (Å²) in [5.41, 5.74) is -0.867. The summed E-state index contributed by atoms with van der Waals surface area (Å²) in [6, 6.07) is 6.47. The first-order valence-corrected chi connectivity index (χ1v) is 13.0. The van der Waals surface area contributed by atoms with Crippen LogP contribution >= 0.6 is 0 Å². The number of benzene rings is 1. The molecule has 2 N–H and O–H groups in total. The number of carbonyl (C=O) groups is 3. The van der Waals surface area contributed by atoms with Gasteiger partial charge in [-0.1, -0.05) is 0 Å². The summed E-state index contributed by atoms with van der Waals surface area (Å²) >= 11 is 0. The molecule has 1 aromatic carbocycles. The second-order valence-electron chi connectivity index (χ2n) is 11.2. The molecule has 1 saturated carbocycles. The molecule has 1 unspecified atom stereocenters. The van der Waals surface area contributed by atoms with Gasteiger partial charge in [-0.2, -0.15) is 0 Å². The molecule has 3 fully saturated rings. The van der Waals surface area contributed by atoms with Crippen molar-refractivity contribution in [2.45, 2.75) is 38.3 Å². The van der Waals surface area contributed by atoms with Crippen LogP contribution in [0.25, 0.3) is 0 Å². The Hall–Kier alpha value is -3.91. The fraction of sp³-hybridized carbons (Fsp3) is 0.481. The number of nitrogens with zero attached hydrogens (tertiary/aromatic N) is 4. The summed E-state index contributed by atoms with van der Waals surface area (Å²) < 4.78 is 48.6. The Labute approximate surface area is 234 Å². The minimum absolute atomic E-state index is 0.00942. The van der Waals surface area contributed by atoms with E-state index in [1.54, 1.807) is 40.2 Å². The van der Waals surface area contributed by atoms with Gasteiger partial charge in [0, 0.05) is 30.6 Å². The molecule has 0 spiro atoms. The average Bonchev–Trinajstić information content (AvgIpc) is 3.20. The molecule has 3 aliphatic rings. The molecular weight excluding hydrogens is 545 g/mol. The Morgan fingerprint density at radius 1 is 1.17 bits per heavy atom. The molecule has 41 heavy (non-hydrogen) atoms. The molecule has 2 aliphatic heterocycles. The van der Waals surface area contributed by atoms with Gasteiger partial charge >= 0.3 is 12.4 Å². The number of anilines is 3. The number of rotatable bonds is 9. The first-order valence-electron chi connectivity index (χ1n) is 13.0. The maximum atomic E-state index is 13.6. The van der Waals surface area contributed by atoms with Gasteiger partial charge in [0.25, 0.3) is 5.91 Å². The summed E-state index contributed by atoms with van der Waals surface area (Å²) in [4.78, 5) is 47.6. The highest BCUT2D eigenvalue weighted by Crippen LogP contribution is 2.46. The van der Waals surface area contributed by atoms with Gasteiger partial charge in [0.2, 0.25) is 5.91 Å². The zero-order valence-corrected chi connectivity index (χ0v) is 23.0. The summed E-state index contributed by atoms with van der Waals surface area (Å²) in [6.07, 6.45) is -3.40. The van der Waals surface area contributed by atoms with Crippen molar-refractivity contribution in [1.29, 1.82) is 0 Å². The van der Waals surface area contributed by atoms with Crippen molar-refractivity contribution in [2.75, 3.05) is 49.4 Å². The monoisotopic (exact) mass is 576 g/mol. The van der Waals surface area contributed by atoms with Gasteiger partial charge in [-0.25, -0.2) is 14.7 Å². The quantitative estimate of drug-likeness (QED) is 0.437. The highest BCUT2D eigenvalue weighted by Gasteiger charge is 2.54. The predicted molar refractivity (Wildman–Crippen MR) is 142 cm³/mol. The number of fused-ring (bicyclic) bond motifs is 1. The Balaban J connectivity index is 1.37. The van der Waals surface area contributed by atoms with Gasteiger partial charge in [0.05, 0.1) is 31.1 Å². The average molecular weight is 577 g/mol. The van der Waals surface area contributed by atoms with Crippen molar-refractivity contribution < 1.29 is 37.0 Å². The number of halogens is 3. The molecule has 1 aromatic heterocycles. The number of pyridine rings is 1. The number of likely N-dealkylation sites (N-methyl/N-ethyl adjacent to an activating group) is 1. The number of hydrogen-bond donors (Lipinski definition) is 2. The summed E-state index contributed by atoms with van der Waals surface area (Å²) in [5, 5.41) is 5.79. The lowest BCUT2D eigenvalue weighted by molar-refractivity contribution is -0.274. The van der Waals surface area contributed by atoms with Crippen molar-refractivity contribution in [1.82, 2.24) is 14.8 Å². The van der Waals surface area contributed by atoms with Crippen molar-refractivity contribution in [2.24, 2.45) is 11.8 Å².